The topological polar surface area (TPSA) is 29.5 Å². The van der Waals surface area contributed by atoms with E-state index >= 15 is 0 Å². The fraction of sp³-hybridized carbons (Fsp3) is 0.143. The standard InChI is InChI=1S/C14H13ClO2/c1-10-3-2-4-11(7-10)9-17-14-6-5-12(15)8-13(14)16/h2-8,16H,9H2,1H3. The molecule has 0 unspecified atom stereocenters. The van der Waals surface area contributed by atoms with Crippen LogP contribution in [0.25, 0.3) is 0 Å². The Labute approximate surface area is 105 Å². The summed E-state index contributed by atoms with van der Waals surface area (Å²) < 4.78 is 5.52. The number of ether oxygens (including phenoxy) is 1. The van der Waals surface area contributed by atoms with E-state index in [-0.39, 0.29) is 5.75 Å². The fourth-order valence-electron chi connectivity index (χ4n) is 1.58. The van der Waals surface area contributed by atoms with Gasteiger partial charge in [-0.1, -0.05) is 41.4 Å². The average molecular weight is 249 g/mol. The minimum atomic E-state index is 0.0603. The van der Waals surface area contributed by atoms with Gasteiger partial charge in [0, 0.05) is 11.1 Å². The molecule has 0 radical (unpaired) electrons. The van der Waals surface area contributed by atoms with E-state index in [4.69, 9.17) is 16.3 Å². The van der Waals surface area contributed by atoms with Crippen LogP contribution in [0, 0.1) is 6.92 Å². The van der Waals surface area contributed by atoms with Gasteiger partial charge in [-0.05, 0) is 24.6 Å². The summed E-state index contributed by atoms with van der Waals surface area (Å²) in [4.78, 5) is 0. The molecule has 0 saturated carbocycles. The molecule has 0 heterocycles. The van der Waals surface area contributed by atoms with Crippen LogP contribution in [0.5, 0.6) is 11.5 Å². The number of hydrogen-bond donors (Lipinski definition) is 1. The summed E-state index contributed by atoms with van der Waals surface area (Å²) in [6, 6.07) is 12.9. The van der Waals surface area contributed by atoms with Crippen LogP contribution in [0.4, 0.5) is 0 Å². The molecule has 0 amide bonds. The van der Waals surface area contributed by atoms with Gasteiger partial charge in [0.1, 0.15) is 6.61 Å². The Balaban J connectivity index is 2.07. The second-order valence-electron chi connectivity index (χ2n) is 3.89. The largest absolute Gasteiger partial charge is 0.504 e. The Morgan fingerprint density at radius 2 is 2.00 bits per heavy atom. The molecule has 3 heteroatoms. The van der Waals surface area contributed by atoms with Crippen LogP contribution in [-0.2, 0) is 6.61 Å². The Hall–Kier alpha value is -1.67. The molecule has 17 heavy (non-hydrogen) atoms. The van der Waals surface area contributed by atoms with Crippen LogP contribution in [0.3, 0.4) is 0 Å². The first-order valence-electron chi connectivity index (χ1n) is 5.32. The van der Waals surface area contributed by atoms with Crippen molar-refractivity contribution in [1.82, 2.24) is 0 Å². The number of rotatable bonds is 3. The summed E-state index contributed by atoms with van der Waals surface area (Å²) in [5, 5.41) is 10.1. The quantitative estimate of drug-likeness (QED) is 0.892. The molecule has 1 N–H and O–H groups in total. The lowest BCUT2D eigenvalue weighted by molar-refractivity contribution is 0.289. The molecule has 2 aromatic carbocycles. The van der Waals surface area contributed by atoms with Gasteiger partial charge in [-0.25, -0.2) is 0 Å². The highest BCUT2D eigenvalue weighted by Gasteiger charge is 2.03. The summed E-state index contributed by atoms with van der Waals surface area (Å²) in [7, 11) is 0. The van der Waals surface area contributed by atoms with Crippen LogP contribution in [0.2, 0.25) is 5.02 Å². The maximum absolute atomic E-state index is 9.61. The molecule has 0 aliphatic rings. The summed E-state index contributed by atoms with van der Waals surface area (Å²) >= 11 is 5.74. The lowest BCUT2D eigenvalue weighted by Crippen LogP contribution is -1.95. The highest BCUT2D eigenvalue weighted by molar-refractivity contribution is 6.30. The first kappa shape index (κ1) is 11.8. The first-order valence-corrected chi connectivity index (χ1v) is 5.70. The Bertz CT molecular complexity index is 523. The van der Waals surface area contributed by atoms with E-state index in [1.807, 2.05) is 31.2 Å². The Morgan fingerprint density at radius 3 is 2.71 bits per heavy atom. The van der Waals surface area contributed by atoms with Gasteiger partial charge in [0.25, 0.3) is 0 Å². The maximum atomic E-state index is 9.61. The average Bonchev–Trinajstić information content (AvgIpc) is 2.28. The van der Waals surface area contributed by atoms with Crippen LogP contribution in [0.1, 0.15) is 11.1 Å². The van der Waals surface area contributed by atoms with Crippen LogP contribution in [-0.4, -0.2) is 5.11 Å². The molecule has 2 rings (SSSR count). The summed E-state index contributed by atoms with van der Waals surface area (Å²) in [6.45, 7) is 2.46. The molecule has 0 aromatic heterocycles. The van der Waals surface area contributed by atoms with Gasteiger partial charge < -0.3 is 9.84 Å². The molecule has 0 bridgehead atoms. The highest BCUT2D eigenvalue weighted by Crippen LogP contribution is 2.29. The molecule has 0 fully saturated rings. The van der Waals surface area contributed by atoms with Crippen LogP contribution < -0.4 is 4.74 Å². The molecule has 2 aromatic rings. The van der Waals surface area contributed by atoms with Gasteiger partial charge in [0.2, 0.25) is 0 Å². The lowest BCUT2D eigenvalue weighted by Gasteiger charge is -2.08. The van der Waals surface area contributed by atoms with Gasteiger partial charge in [0.05, 0.1) is 0 Å². The van der Waals surface area contributed by atoms with E-state index in [9.17, 15) is 5.11 Å². The third kappa shape index (κ3) is 3.14. The molecule has 0 aliphatic carbocycles. The van der Waals surface area contributed by atoms with Gasteiger partial charge in [-0.3, -0.25) is 0 Å². The number of aryl methyl sites for hydroxylation is 1. The number of phenolic OH excluding ortho intramolecular Hbond substituents is 1. The molecule has 0 atom stereocenters. The number of halogens is 1. The normalized spacial score (nSPS) is 10.2. The Kier molecular flexibility index (Phi) is 3.55. The number of aromatic hydroxyl groups is 1. The zero-order valence-electron chi connectivity index (χ0n) is 9.48. The smallest absolute Gasteiger partial charge is 0.161 e. The molecule has 0 aliphatic heterocycles. The monoisotopic (exact) mass is 248 g/mol. The zero-order chi connectivity index (χ0) is 12.3. The van der Waals surface area contributed by atoms with E-state index in [1.165, 1.54) is 11.6 Å². The third-order valence-electron chi connectivity index (χ3n) is 2.40. The molecular formula is C14H13ClO2. The number of phenols is 1. The van der Waals surface area contributed by atoms with Crippen molar-refractivity contribution < 1.29 is 9.84 Å². The van der Waals surface area contributed by atoms with E-state index in [0.29, 0.717) is 17.4 Å². The van der Waals surface area contributed by atoms with E-state index in [1.54, 1.807) is 12.1 Å². The van der Waals surface area contributed by atoms with Crippen molar-refractivity contribution in [3.63, 3.8) is 0 Å². The summed E-state index contributed by atoms with van der Waals surface area (Å²) in [6.07, 6.45) is 0. The second kappa shape index (κ2) is 5.11. The van der Waals surface area contributed by atoms with Crippen LogP contribution in [0.15, 0.2) is 42.5 Å². The summed E-state index contributed by atoms with van der Waals surface area (Å²) in [5.41, 5.74) is 2.26. The minimum absolute atomic E-state index is 0.0603. The zero-order valence-corrected chi connectivity index (χ0v) is 10.2. The predicted molar refractivity (Wildman–Crippen MR) is 68.6 cm³/mol. The van der Waals surface area contributed by atoms with Gasteiger partial charge >= 0.3 is 0 Å². The second-order valence-corrected chi connectivity index (χ2v) is 4.33. The van der Waals surface area contributed by atoms with Gasteiger partial charge in [0.15, 0.2) is 11.5 Å². The van der Waals surface area contributed by atoms with Crippen molar-refractivity contribution in [3.8, 4) is 11.5 Å². The number of benzene rings is 2. The van der Waals surface area contributed by atoms with Crippen molar-refractivity contribution >= 4 is 11.6 Å². The Morgan fingerprint density at radius 1 is 1.18 bits per heavy atom. The lowest BCUT2D eigenvalue weighted by atomic mass is 10.1. The van der Waals surface area contributed by atoms with Crippen molar-refractivity contribution in [2.24, 2.45) is 0 Å². The molecule has 88 valence electrons. The van der Waals surface area contributed by atoms with Gasteiger partial charge in [-0.15, -0.1) is 0 Å². The van der Waals surface area contributed by atoms with E-state index < -0.39 is 0 Å². The first-order chi connectivity index (χ1) is 8.15. The van der Waals surface area contributed by atoms with Crippen molar-refractivity contribution in [2.45, 2.75) is 13.5 Å². The van der Waals surface area contributed by atoms with Crippen molar-refractivity contribution in [2.75, 3.05) is 0 Å². The predicted octanol–water partition coefficient (Wildman–Crippen LogP) is 3.93. The molecular weight excluding hydrogens is 236 g/mol. The van der Waals surface area contributed by atoms with Crippen molar-refractivity contribution in [3.05, 3.63) is 58.6 Å². The fourth-order valence-corrected chi connectivity index (χ4v) is 1.74. The van der Waals surface area contributed by atoms with Gasteiger partial charge in [-0.2, -0.15) is 0 Å². The molecule has 0 saturated heterocycles. The van der Waals surface area contributed by atoms with E-state index in [0.717, 1.165) is 5.56 Å². The summed E-state index contributed by atoms with van der Waals surface area (Å²) in [5.74, 6) is 0.501. The maximum Gasteiger partial charge on any atom is 0.161 e. The van der Waals surface area contributed by atoms with Crippen molar-refractivity contribution in [1.29, 1.82) is 0 Å². The number of hydrogen-bond acceptors (Lipinski definition) is 2. The third-order valence-corrected chi connectivity index (χ3v) is 2.63. The highest BCUT2D eigenvalue weighted by atomic mass is 35.5. The SMILES string of the molecule is Cc1cccc(COc2ccc(Cl)cc2O)c1. The molecule has 0 spiro atoms. The molecule has 2 nitrogen and oxygen atoms in total. The van der Waals surface area contributed by atoms with Crippen LogP contribution >= 0.6 is 11.6 Å². The van der Waals surface area contributed by atoms with E-state index in [2.05, 4.69) is 0 Å². The minimum Gasteiger partial charge on any atom is -0.504 e.